The summed E-state index contributed by atoms with van der Waals surface area (Å²) >= 11 is 3.15. The number of aryl methyl sites for hydroxylation is 2. The second-order valence-electron chi connectivity index (χ2n) is 6.01. The van der Waals surface area contributed by atoms with Crippen LogP contribution in [0, 0.1) is 6.92 Å². The molecule has 7 nitrogen and oxygen atoms in total. The summed E-state index contributed by atoms with van der Waals surface area (Å²) in [5.74, 6) is 2.39. The van der Waals surface area contributed by atoms with E-state index in [4.69, 9.17) is 11.5 Å². The van der Waals surface area contributed by atoms with Gasteiger partial charge in [-0.1, -0.05) is 19.8 Å². The Balaban J connectivity index is 0.00000364. The van der Waals surface area contributed by atoms with Crippen molar-refractivity contribution in [3.63, 3.8) is 0 Å². The van der Waals surface area contributed by atoms with Crippen LogP contribution in [0.4, 0.5) is 5.13 Å². The molecule has 0 fully saturated rings. The first kappa shape index (κ1) is 26.7. The first-order valence-corrected chi connectivity index (χ1v) is 10.7. The number of aromatic amines is 1. The number of H-pyrrole nitrogens is 1. The fourth-order valence-electron chi connectivity index (χ4n) is 2.50. The average molecular weight is 467 g/mol. The summed E-state index contributed by atoms with van der Waals surface area (Å²) in [6.07, 6.45) is 4.84. The SMILES string of the molecule is CCCCCc1c(C)[nH]c(CCSCc2csc(N=C(N)N)n2)nc1=O.Cl.Cl. The Labute approximate surface area is 186 Å². The third-order valence-electron chi connectivity index (χ3n) is 3.81. The minimum atomic E-state index is -0.0845. The van der Waals surface area contributed by atoms with Crippen molar-refractivity contribution in [2.75, 3.05) is 5.75 Å². The number of unbranched alkanes of at least 4 members (excludes halogenated alkanes) is 2. The number of nitrogens with zero attached hydrogens (tertiary/aromatic N) is 3. The Morgan fingerprint density at radius 3 is 2.64 bits per heavy atom. The van der Waals surface area contributed by atoms with Crippen molar-refractivity contribution in [1.82, 2.24) is 15.0 Å². The summed E-state index contributed by atoms with van der Waals surface area (Å²) in [6.45, 7) is 4.12. The summed E-state index contributed by atoms with van der Waals surface area (Å²) in [4.78, 5) is 28.0. The number of hydrogen-bond donors (Lipinski definition) is 3. The Morgan fingerprint density at radius 1 is 1.25 bits per heavy atom. The number of guanidine groups is 1. The van der Waals surface area contributed by atoms with E-state index >= 15 is 0 Å². The summed E-state index contributed by atoms with van der Waals surface area (Å²) in [7, 11) is 0. The van der Waals surface area contributed by atoms with Crippen LogP contribution in [-0.4, -0.2) is 26.7 Å². The highest BCUT2D eigenvalue weighted by molar-refractivity contribution is 7.98. The molecule has 0 atom stereocenters. The van der Waals surface area contributed by atoms with Crippen LogP contribution in [-0.2, 0) is 18.6 Å². The molecular weight excluding hydrogens is 439 g/mol. The normalized spacial score (nSPS) is 10.1. The van der Waals surface area contributed by atoms with E-state index in [1.807, 2.05) is 12.3 Å². The molecule has 0 aliphatic rings. The van der Waals surface area contributed by atoms with Gasteiger partial charge < -0.3 is 16.5 Å². The van der Waals surface area contributed by atoms with E-state index in [0.29, 0.717) is 5.13 Å². The van der Waals surface area contributed by atoms with Gasteiger partial charge in [0, 0.05) is 34.6 Å². The Kier molecular flexibility index (Phi) is 13.2. The summed E-state index contributed by atoms with van der Waals surface area (Å²) in [5.41, 5.74) is 13.3. The van der Waals surface area contributed by atoms with E-state index in [0.717, 1.165) is 66.4 Å². The topological polar surface area (TPSA) is 123 Å². The number of rotatable bonds is 10. The summed E-state index contributed by atoms with van der Waals surface area (Å²) < 4.78 is 0. The van der Waals surface area contributed by atoms with Crippen molar-refractivity contribution >= 4 is 59.0 Å². The van der Waals surface area contributed by atoms with Crippen LogP contribution in [0.5, 0.6) is 0 Å². The molecule has 28 heavy (non-hydrogen) atoms. The fraction of sp³-hybridized carbons (Fsp3) is 0.529. The van der Waals surface area contributed by atoms with Gasteiger partial charge in [-0.2, -0.15) is 21.7 Å². The molecule has 0 amide bonds. The van der Waals surface area contributed by atoms with Gasteiger partial charge in [0.2, 0.25) is 5.13 Å². The van der Waals surface area contributed by atoms with Crippen LogP contribution in [0.2, 0.25) is 0 Å². The summed E-state index contributed by atoms with van der Waals surface area (Å²) in [5, 5.41) is 2.52. The van der Waals surface area contributed by atoms with Crippen LogP contribution < -0.4 is 17.0 Å². The highest BCUT2D eigenvalue weighted by Crippen LogP contribution is 2.22. The Morgan fingerprint density at radius 2 is 2.00 bits per heavy atom. The maximum Gasteiger partial charge on any atom is 0.276 e. The molecule has 0 aliphatic carbocycles. The molecule has 0 saturated carbocycles. The van der Waals surface area contributed by atoms with Crippen LogP contribution >= 0.6 is 47.9 Å². The molecule has 2 rings (SSSR count). The lowest BCUT2D eigenvalue weighted by atomic mass is 10.1. The van der Waals surface area contributed by atoms with Crippen LogP contribution in [0.3, 0.4) is 0 Å². The highest BCUT2D eigenvalue weighted by atomic mass is 35.5. The molecule has 0 bridgehead atoms. The molecule has 0 radical (unpaired) electrons. The lowest BCUT2D eigenvalue weighted by molar-refractivity contribution is 0.703. The number of aromatic nitrogens is 3. The maximum absolute atomic E-state index is 12.2. The fourth-order valence-corrected chi connectivity index (χ4v) is 4.15. The van der Waals surface area contributed by atoms with Crippen molar-refractivity contribution in [3.8, 4) is 0 Å². The molecule has 158 valence electrons. The van der Waals surface area contributed by atoms with Crippen LogP contribution in [0.1, 0.15) is 49.0 Å². The quantitative estimate of drug-likeness (QED) is 0.279. The monoisotopic (exact) mass is 466 g/mol. The predicted molar refractivity (Wildman–Crippen MR) is 125 cm³/mol. The molecule has 0 unspecified atom stereocenters. The van der Waals surface area contributed by atoms with Crippen molar-refractivity contribution in [1.29, 1.82) is 0 Å². The second-order valence-corrected chi connectivity index (χ2v) is 7.95. The van der Waals surface area contributed by atoms with E-state index in [9.17, 15) is 4.79 Å². The van der Waals surface area contributed by atoms with Crippen LogP contribution in [0.25, 0.3) is 0 Å². The standard InChI is InChI=1S/C17H26N6OS2.2ClH/c1-3-4-5-6-13-11(2)20-14(22-15(13)24)7-8-25-9-12-10-26-17(21-12)23-16(18)19;;/h10H,3-9H2,1-2H3,(H,20,22,24)(H4,18,19,21,23);2*1H. The van der Waals surface area contributed by atoms with Crippen molar-refractivity contribution in [2.24, 2.45) is 16.5 Å². The molecule has 2 aromatic rings. The maximum atomic E-state index is 12.2. The van der Waals surface area contributed by atoms with Crippen molar-refractivity contribution in [2.45, 2.75) is 51.7 Å². The van der Waals surface area contributed by atoms with Crippen molar-refractivity contribution in [3.05, 3.63) is 38.5 Å². The van der Waals surface area contributed by atoms with E-state index in [2.05, 4.69) is 26.9 Å². The molecule has 2 aromatic heterocycles. The van der Waals surface area contributed by atoms with Gasteiger partial charge in [-0.05, 0) is 19.8 Å². The average Bonchev–Trinajstić information content (AvgIpc) is 3.01. The molecule has 2 heterocycles. The zero-order valence-corrected chi connectivity index (χ0v) is 19.3. The molecule has 0 spiro atoms. The van der Waals surface area contributed by atoms with E-state index in [-0.39, 0.29) is 36.3 Å². The molecule has 11 heteroatoms. The van der Waals surface area contributed by atoms with Gasteiger partial charge in [0.05, 0.1) is 5.69 Å². The number of nitrogens with one attached hydrogen (secondary N) is 1. The zero-order valence-electron chi connectivity index (χ0n) is 16.1. The number of nitrogens with two attached hydrogens (primary N) is 2. The van der Waals surface area contributed by atoms with Gasteiger partial charge in [0.25, 0.3) is 5.56 Å². The summed E-state index contributed by atoms with van der Waals surface area (Å²) in [6, 6.07) is 0. The van der Waals surface area contributed by atoms with Gasteiger partial charge >= 0.3 is 0 Å². The minimum absolute atomic E-state index is 0. The third kappa shape index (κ3) is 8.81. The first-order valence-electron chi connectivity index (χ1n) is 8.70. The molecule has 0 aromatic carbocycles. The predicted octanol–water partition coefficient (Wildman–Crippen LogP) is 3.49. The van der Waals surface area contributed by atoms with Gasteiger partial charge in [-0.15, -0.1) is 36.2 Å². The number of halogens is 2. The lowest BCUT2D eigenvalue weighted by Crippen LogP contribution is -2.21. The molecule has 0 saturated heterocycles. The Bertz CT molecular complexity index is 805. The molecule has 5 N–H and O–H groups in total. The number of hydrogen-bond acceptors (Lipinski definition) is 6. The van der Waals surface area contributed by atoms with Gasteiger partial charge in [0.1, 0.15) is 5.82 Å². The van der Waals surface area contributed by atoms with E-state index in [1.165, 1.54) is 11.3 Å². The molecule has 0 aliphatic heterocycles. The zero-order chi connectivity index (χ0) is 18.9. The number of aliphatic imine (C=N–C) groups is 1. The number of thiazole rings is 1. The smallest absolute Gasteiger partial charge is 0.276 e. The van der Waals surface area contributed by atoms with E-state index < -0.39 is 0 Å². The second kappa shape index (κ2) is 13.8. The lowest BCUT2D eigenvalue weighted by Gasteiger charge is -2.07. The minimum Gasteiger partial charge on any atom is -0.370 e. The first-order chi connectivity index (χ1) is 12.5. The van der Waals surface area contributed by atoms with Gasteiger partial charge in [-0.3, -0.25) is 4.79 Å². The third-order valence-corrected chi connectivity index (χ3v) is 5.58. The van der Waals surface area contributed by atoms with Crippen molar-refractivity contribution < 1.29 is 0 Å². The largest absolute Gasteiger partial charge is 0.370 e. The molecular formula is C17H28Cl2N6OS2. The highest BCUT2D eigenvalue weighted by Gasteiger charge is 2.08. The van der Waals surface area contributed by atoms with E-state index in [1.54, 1.807) is 11.8 Å². The van der Waals surface area contributed by atoms with Gasteiger partial charge in [0.15, 0.2) is 5.96 Å². The van der Waals surface area contributed by atoms with Gasteiger partial charge in [-0.25, -0.2) is 4.98 Å². The number of thioether (sulfide) groups is 1. The van der Waals surface area contributed by atoms with Crippen LogP contribution in [0.15, 0.2) is 15.2 Å². The Hall–Kier alpha value is -1.29.